The van der Waals surface area contributed by atoms with Gasteiger partial charge in [0.25, 0.3) is 0 Å². The van der Waals surface area contributed by atoms with Crippen molar-refractivity contribution in [1.29, 1.82) is 0 Å². The first kappa shape index (κ1) is 16.9. The largest absolute Gasteiger partial charge is 0.359 e. The van der Waals surface area contributed by atoms with E-state index in [0.717, 1.165) is 22.5 Å². The maximum absolute atomic E-state index is 5.28. The standard InChI is InChI=1S/C20H20N4S/c1-2-13-21-20(25)22-14-17-15-24(18-11-7-4-8-12-18)23-19(17)16-9-5-3-6-10-16/h2-12,15H,1,13-14H2,(H2,21,22,25). The fraction of sp³-hybridized carbons (Fsp3) is 0.100. The normalized spacial score (nSPS) is 10.2. The van der Waals surface area contributed by atoms with Gasteiger partial charge in [0.2, 0.25) is 0 Å². The van der Waals surface area contributed by atoms with Crippen molar-refractivity contribution in [2.75, 3.05) is 6.54 Å². The van der Waals surface area contributed by atoms with Crippen LogP contribution < -0.4 is 10.6 Å². The molecule has 1 heterocycles. The summed E-state index contributed by atoms with van der Waals surface area (Å²) in [5.41, 5.74) is 4.14. The summed E-state index contributed by atoms with van der Waals surface area (Å²) < 4.78 is 1.90. The Kier molecular flexibility index (Phi) is 5.59. The van der Waals surface area contributed by atoms with E-state index in [1.807, 2.05) is 59.4 Å². The van der Waals surface area contributed by atoms with Crippen molar-refractivity contribution < 1.29 is 0 Å². The first-order chi connectivity index (χ1) is 12.3. The third-order valence-corrected chi connectivity index (χ3v) is 3.99. The zero-order valence-corrected chi connectivity index (χ0v) is 14.7. The van der Waals surface area contributed by atoms with Gasteiger partial charge in [0.15, 0.2) is 5.11 Å². The summed E-state index contributed by atoms with van der Waals surface area (Å²) in [6.07, 6.45) is 3.82. The second-order valence-corrected chi connectivity index (χ2v) is 5.91. The zero-order valence-electron chi connectivity index (χ0n) is 13.9. The molecule has 3 aromatic rings. The lowest BCUT2D eigenvalue weighted by Gasteiger charge is -2.08. The summed E-state index contributed by atoms with van der Waals surface area (Å²) in [4.78, 5) is 0. The van der Waals surface area contributed by atoms with Crippen molar-refractivity contribution >= 4 is 17.3 Å². The third-order valence-electron chi connectivity index (χ3n) is 3.70. The van der Waals surface area contributed by atoms with Gasteiger partial charge in [-0.3, -0.25) is 0 Å². The number of rotatable bonds is 6. The van der Waals surface area contributed by atoms with Crippen molar-refractivity contribution in [2.24, 2.45) is 0 Å². The smallest absolute Gasteiger partial charge is 0.166 e. The van der Waals surface area contributed by atoms with Crippen LogP contribution in [0.25, 0.3) is 16.9 Å². The molecule has 2 N–H and O–H groups in total. The number of hydrogen-bond acceptors (Lipinski definition) is 2. The summed E-state index contributed by atoms with van der Waals surface area (Å²) >= 11 is 5.28. The van der Waals surface area contributed by atoms with E-state index < -0.39 is 0 Å². The lowest BCUT2D eigenvalue weighted by Crippen LogP contribution is -2.34. The Balaban J connectivity index is 1.88. The van der Waals surface area contributed by atoms with E-state index in [-0.39, 0.29) is 0 Å². The van der Waals surface area contributed by atoms with Gasteiger partial charge in [-0.25, -0.2) is 4.68 Å². The average Bonchev–Trinajstić information content (AvgIpc) is 3.10. The summed E-state index contributed by atoms with van der Waals surface area (Å²) in [6, 6.07) is 20.3. The van der Waals surface area contributed by atoms with E-state index in [9.17, 15) is 0 Å². The van der Waals surface area contributed by atoms with E-state index in [1.165, 1.54) is 0 Å². The summed E-state index contributed by atoms with van der Waals surface area (Å²) in [5, 5.41) is 11.7. The Morgan fingerprint density at radius 2 is 1.72 bits per heavy atom. The quantitative estimate of drug-likeness (QED) is 0.527. The van der Waals surface area contributed by atoms with Crippen LogP contribution in [-0.4, -0.2) is 21.4 Å². The Morgan fingerprint density at radius 1 is 1.04 bits per heavy atom. The molecule has 4 nitrogen and oxygen atoms in total. The van der Waals surface area contributed by atoms with E-state index in [4.69, 9.17) is 17.3 Å². The van der Waals surface area contributed by atoms with Gasteiger partial charge < -0.3 is 10.6 Å². The molecule has 0 bridgehead atoms. The molecular weight excluding hydrogens is 328 g/mol. The highest BCUT2D eigenvalue weighted by Crippen LogP contribution is 2.23. The molecule has 0 amide bonds. The highest BCUT2D eigenvalue weighted by molar-refractivity contribution is 7.80. The predicted octanol–water partition coefficient (Wildman–Crippen LogP) is 3.69. The van der Waals surface area contributed by atoms with Crippen LogP contribution in [0.1, 0.15) is 5.56 Å². The van der Waals surface area contributed by atoms with Gasteiger partial charge in [-0.15, -0.1) is 6.58 Å². The van der Waals surface area contributed by atoms with Crippen LogP contribution in [0.5, 0.6) is 0 Å². The molecule has 5 heteroatoms. The molecule has 0 fully saturated rings. The van der Waals surface area contributed by atoms with Crippen LogP contribution in [0, 0.1) is 0 Å². The topological polar surface area (TPSA) is 41.9 Å². The lowest BCUT2D eigenvalue weighted by atomic mass is 10.1. The Morgan fingerprint density at radius 3 is 2.40 bits per heavy atom. The van der Waals surface area contributed by atoms with Gasteiger partial charge in [0.1, 0.15) is 0 Å². The van der Waals surface area contributed by atoms with Crippen molar-refractivity contribution in [3.05, 3.63) is 85.1 Å². The molecule has 0 radical (unpaired) electrons. The molecule has 25 heavy (non-hydrogen) atoms. The molecule has 1 aromatic heterocycles. The number of benzene rings is 2. The highest BCUT2D eigenvalue weighted by Gasteiger charge is 2.12. The first-order valence-electron chi connectivity index (χ1n) is 8.10. The van der Waals surface area contributed by atoms with Crippen LogP contribution in [-0.2, 0) is 6.54 Å². The van der Waals surface area contributed by atoms with E-state index in [2.05, 4.69) is 29.3 Å². The summed E-state index contributed by atoms with van der Waals surface area (Å²) in [6.45, 7) is 4.92. The van der Waals surface area contributed by atoms with Crippen molar-refractivity contribution in [2.45, 2.75) is 6.54 Å². The number of thiocarbonyl (C=S) groups is 1. The van der Waals surface area contributed by atoms with Gasteiger partial charge in [-0.2, -0.15) is 5.10 Å². The molecule has 2 aromatic carbocycles. The van der Waals surface area contributed by atoms with Crippen LogP contribution in [0.4, 0.5) is 0 Å². The molecule has 3 rings (SSSR count). The molecule has 0 atom stereocenters. The van der Waals surface area contributed by atoms with Gasteiger partial charge in [-0.1, -0.05) is 54.6 Å². The third kappa shape index (κ3) is 4.33. The van der Waals surface area contributed by atoms with E-state index in [1.54, 1.807) is 6.08 Å². The van der Waals surface area contributed by atoms with Crippen LogP contribution in [0.3, 0.4) is 0 Å². The zero-order chi connectivity index (χ0) is 17.5. The number of nitrogens with zero attached hydrogens (tertiary/aromatic N) is 2. The average molecular weight is 348 g/mol. The summed E-state index contributed by atoms with van der Waals surface area (Å²) in [5.74, 6) is 0. The minimum Gasteiger partial charge on any atom is -0.359 e. The predicted molar refractivity (Wildman–Crippen MR) is 107 cm³/mol. The van der Waals surface area contributed by atoms with Crippen LogP contribution >= 0.6 is 12.2 Å². The second-order valence-electron chi connectivity index (χ2n) is 5.50. The second kappa shape index (κ2) is 8.26. The Hall–Kier alpha value is -2.92. The van der Waals surface area contributed by atoms with Crippen molar-refractivity contribution in [1.82, 2.24) is 20.4 Å². The summed E-state index contributed by atoms with van der Waals surface area (Å²) in [7, 11) is 0. The maximum atomic E-state index is 5.28. The highest BCUT2D eigenvalue weighted by atomic mass is 32.1. The van der Waals surface area contributed by atoms with Gasteiger partial charge in [0.05, 0.1) is 11.4 Å². The van der Waals surface area contributed by atoms with Gasteiger partial charge in [0, 0.05) is 30.4 Å². The lowest BCUT2D eigenvalue weighted by molar-refractivity contribution is 0.865. The molecule has 126 valence electrons. The number of para-hydroxylation sites is 1. The Labute approximate surface area is 153 Å². The van der Waals surface area contributed by atoms with Crippen molar-refractivity contribution in [3.8, 4) is 16.9 Å². The van der Waals surface area contributed by atoms with E-state index in [0.29, 0.717) is 18.2 Å². The molecule has 0 saturated heterocycles. The SMILES string of the molecule is C=CCNC(=S)NCc1cn(-c2ccccc2)nc1-c1ccccc1. The first-order valence-corrected chi connectivity index (χ1v) is 8.50. The minimum absolute atomic E-state index is 0.597. The number of hydrogen-bond donors (Lipinski definition) is 2. The molecule has 0 unspecified atom stereocenters. The Bertz CT molecular complexity index is 841. The van der Waals surface area contributed by atoms with Crippen LogP contribution in [0.2, 0.25) is 0 Å². The fourth-order valence-electron chi connectivity index (χ4n) is 2.49. The number of aromatic nitrogens is 2. The van der Waals surface area contributed by atoms with Crippen LogP contribution in [0.15, 0.2) is 79.5 Å². The molecular formula is C20H20N4S. The monoisotopic (exact) mass is 348 g/mol. The minimum atomic E-state index is 0.597. The van der Waals surface area contributed by atoms with E-state index >= 15 is 0 Å². The molecule has 0 aliphatic rings. The molecule has 0 saturated carbocycles. The van der Waals surface area contributed by atoms with Gasteiger partial charge >= 0.3 is 0 Å². The van der Waals surface area contributed by atoms with Crippen molar-refractivity contribution in [3.63, 3.8) is 0 Å². The fourth-order valence-corrected chi connectivity index (χ4v) is 2.65. The molecule has 0 aliphatic heterocycles. The van der Waals surface area contributed by atoms with Gasteiger partial charge in [-0.05, 0) is 24.4 Å². The molecule has 0 aliphatic carbocycles. The molecule has 0 spiro atoms. The number of nitrogens with one attached hydrogen (secondary N) is 2. The maximum Gasteiger partial charge on any atom is 0.166 e.